The molecule has 5 heteroatoms. The third kappa shape index (κ3) is 1.52. The van der Waals surface area contributed by atoms with Crippen LogP contribution in [0.5, 0.6) is 0 Å². The van der Waals surface area contributed by atoms with E-state index < -0.39 is 0 Å². The van der Waals surface area contributed by atoms with Crippen LogP contribution in [0.25, 0.3) is 0 Å². The summed E-state index contributed by atoms with van der Waals surface area (Å²) in [5.74, 6) is 0. The Kier molecular flexibility index (Phi) is 2.32. The monoisotopic (exact) mass is 120 g/mol. The van der Waals surface area contributed by atoms with E-state index in [9.17, 15) is 0 Å². The fourth-order valence-electron chi connectivity index (χ4n) is 0.188. The molecule has 0 spiro atoms. The molecule has 0 fully saturated rings. The average Bonchev–Trinajstić information content (AvgIpc) is 1.86. The molecule has 4 N–H and O–H groups in total. The average molecular weight is 121 g/mol. The van der Waals surface area contributed by atoms with E-state index in [0.29, 0.717) is 5.15 Å². The minimum Gasteiger partial charge on any atom is -0.344 e. The number of hydrogen-bond acceptors (Lipinski definition) is 3. The smallest absolute Gasteiger partial charge is 0.171 e. The molecule has 0 aliphatic carbocycles. The van der Waals surface area contributed by atoms with Gasteiger partial charge in [0.25, 0.3) is 0 Å². The predicted molar refractivity (Wildman–Crippen MR) is 26.4 cm³/mol. The first-order valence-corrected chi connectivity index (χ1v) is 1.79. The summed E-state index contributed by atoms with van der Waals surface area (Å²) < 4.78 is 0. The molecular formula is C2H5ClN4. The Morgan fingerprint density at radius 2 is 2.43 bits per heavy atom. The first kappa shape index (κ1) is 6.39. The number of nitrogens with one attached hydrogen (secondary N) is 1. The van der Waals surface area contributed by atoms with Crippen molar-refractivity contribution in [3.05, 3.63) is 11.3 Å². The van der Waals surface area contributed by atoms with Crippen molar-refractivity contribution in [3.8, 4) is 0 Å². The summed E-state index contributed by atoms with van der Waals surface area (Å²) in [4.78, 5) is 0. The van der Waals surface area contributed by atoms with Crippen molar-refractivity contribution >= 4 is 11.6 Å². The second-order valence-corrected chi connectivity index (χ2v) is 1.18. The number of H-pyrrole nitrogens is 1. The van der Waals surface area contributed by atoms with E-state index in [1.165, 1.54) is 6.20 Å². The number of nitrogens with zero attached hydrogens (tertiary/aromatic N) is 2. The van der Waals surface area contributed by atoms with E-state index >= 15 is 0 Å². The van der Waals surface area contributed by atoms with Gasteiger partial charge in [0.2, 0.25) is 0 Å². The molecule has 40 valence electrons. The highest BCUT2D eigenvalue weighted by atomic mass is 35.5. The zero-order chi connectivity index (χ0) is 4.41. The second-order valence-electron chi connectivity index (χ2n) is 0.796. The van der Waals surface area contributed by atoms with Gasteiger partial charge in [-0.05, 0) is 0 Å². The molecule has 0 amide bonds. The lowest BCUT2D eigenvalue weighted by Gasteiger charge is -1.57. The molecule has 1 aromatic heterocycles. The van der Waals surface area contributed by atoms with Crippen molar-refractivity contribution in [2.24, 2.45) is 0 Å². The van der Waals surface area contributed by atoms with Crippen LogP contribution in [0.15, 0.2) is 6.20 Å². The maximum absolute atomic E-state index is 5.25. The number of halogens is 1. The molecule has 4 nitrogen and oxygen atoms in total. The predicted octanol–water partition coefficient (Wildman–Crippen LogP) is 0.620. The Hall–Kier alpha value is -0.610. The second kappa shape index (κ2) is 2.54. The molecule has 0 atom stereocenters. The lowest BCUT2D eigenvalue weighted by atomic mass is 11.0. The van der Waals surface area contributed by atoms with Crippen LogP contribution in [0.1, 0.15) is 0 Å². The Morgan fingerprint density at radius 3 is 2.57 bits per heavy atom. The van der Waals surface area contributed by atoms with Gasteiger partial charge in [-0.1, -0.05) is 16.8 Å². The van der Waals surface area contributed by atoms with Gasteiger partial charge < -0.3 is 6.15 Å². The van der Waals surface area contributed by atoms with Gasteiger partial charge in [-0.3, -0.25) is 5.10 Å². The summed E-state index contributed by atoms with van der Waals surface area (Å²) in [7, 11) is 0. The van der Waals surface area contributed by atoms with Crippen LogP contribution in [0.2, 0.25) is 5.15 Å². The van der Waals surface area contributed by atoms with Crippen LogP contribution in [-0.4, -0.2) is 15.4 Å². The summed E-state index contributed by atoms with van der Waals surface area (Å²) in [6.45, 7) is 0. The highest BCUT2D eigenvalue weighted by Gasteiger charge is 1.79. The van der Waals surface area contributed by atoms with E-state index in [1.54, 1.807) is 0 Å². The third-order valence-electron chi connectivity index (χ3n) is 0.387. The van der Waals surface area contributed by atoms with Gasteiger partial charge >= 0.3 is 0 Å². The lowest BCUT2D eigenvalue weighted by molar-refractivity contribution is 0.940. The van der Waals surface area contributed by atoms with E-state index in [2.05, 4.69) is 15.4 Å². The maximum atomic E-state index is 5.25. The summed E-state index contributed by atoms with van der Waals surface area (Å²) in [5.41, 5.74) is 0. The van der Waals surface area contributed by atoms with Gasteiger partial charge in [0, 0.05) is 0 Å². The quantitative estimate of drug-likeness (QED) is 0.527. The zero-order valence-electron chi connectivity index (χ0n) is 3.56. The third-order valence-corrected chi connectivity index (χ3v) is 0.572. The molecule has 0 radical (unpaired) electrons. The van der Waals surface area contributed by atoms with Crippen LogP contribution >= 0.6 is 11.6 Å². The van der Waals surface area contributed by atoms with Crippen LogP contribution in [0, 0.1) is 0 Å². The number of hydrogen-bond donors (Lipinski definition) is 2. The summed E-state index contributed by atoms with van der Waals surface area (Å²) in [6.07, 6.45) is 1.50. The summed E-state index contributed by atoms with van der Waals surface area (Å²) in [5, 5.41) is 9.53. The topological polar surface area (TPSA) is 76.6 Å². The van der Waals surface area contributed by atoms with Crippen molar-refractivity contribution < 1.29 is 0 Å². The van der Waals surface area contributed by atoms with E-state index in [0.717, 1.165) is 0 Å². The molecule has 0 saturated heterocycles. The molecule has 7 heavy (non-hydrogen) atoms. The van der Waals surface area contributed by atoms with E-state index in [1.807, 2.05) is 0 Å². The van der Waals surface area contributed by atoms with Gasteiger partial charge in [-0.2, -0.15) is 0 Å². The van der Waals surface area contributed by atoms with E-state index in [4.69, 9.17) is 11.6 Å². The minimum atomic E-state index is 0. The first-order valence-electron chi connectivity index (χ1n) is 1.41. The van der Waals surface area contributed by atoms with Gasteiger partial charge in [-0.25, -0.2) is 0 Å². The molecule has 0 aliphatic heterocycles. The normalized spacial score (nSPS) is 7.57. The standard InChI is InChI=1S/C2H2ClN3.H3N/c3-2-1-4-6-5-2;/h1H,(H,4,5,6);1H3. The molecule has 0 aromatic carbocycles. The maximum Gasteiger partial charge on any atom is 0.171 e. The molecule has 0 saturated carbocycles. The molecule has 0 bridgehead atoms. The Labute approximate surface area is 45.5 Å². The minimum absolute atomic E-state index is 0. The van der Waals surface area contributed by atoms with Crippen LogP contribution in [-0.2, 0) is 0 Å². The molecule has 0 aliphatic rings. The highest BCUT2D eigenvalue weighted by molar-refractivity contribution is 6.29. The molecule has 1 aromatic rings. The zero-order valence-corrected chi connectivity index (χ0v) is 4.31. The Bertz CT molecular complexity index is 113. The fourth-order valence-corrected chi connectivity index (χ4v) is 0.274. The number of rotatable bonds is 0. The Balaban J connectivity index is 0.000000360. The van der Waals surface area contributed by atoms with Crippen molar-refractivity contribution in [3.63, 3.8) is 0 Å². The largest absolute Gasteiger partial charge is 0.344 e. The Morgan fingerprint density at radius 1 is 1.71 bits per heavy atom. The molecule has 1 heterocycles. The van der Waals surface area contributed by atoms with Gasteiger partial charge in [0.05, 0.1) is 6.20 Å². The van der Waals surface area contributed by atoms with Crippen LogP contribution in [0.4, 0.5) is 0 Å². The van der Waals surface area contributed by atoms with Gasteiger partial charge in [-0.15, -0.1) is 5.10 Å². The summed E-state index contributed by atoms with van der Waals surface area (Å²) >= 11 is 5.25. The van der Waals surface area contributed by atoms with Crippen molar-refractivity contribution in [1.82, 2.24) is 21.6 Å². The van der Waals surface area contributed by atoms with Crippen LogP contribution < -0.4 is 6.15 Å². The van der Waals surface area contributed by atoms with Gasteiger partial charge in [0.15, 0.2) is 5.15 Å². The molecule has 0 unspecified atom stereocenters. The molecular weight excluding hydrogens is 116 g/mol. The SMILES string of the molecule is Clc1c[nH]nn1.N. The van der Waals surface area contributed by atoms with Crippen molar-refractivity contribution in [2.45, 2.75) is 0 Å². The van der Waals surface area contributed by atoms with E-state index in [-0.39, 0.29) is 6.15 Å². The van der Waals surface area contributed by atoms with Crippen molar-refractivity contribution in [2.75, 3.05) is 0 Å². The fraction of sp³-hybridized carbons (Fsp3) is 0. The summed E-state index contributed by atoms with van der Waals surface area (Å²) in [6, 6.07) is 0. The number of aromatic amines is 1. The number of aromatic nitrogens is 3. The first-order chi connectivity index (χ1) is 2.89. The highest BCUT2D eigenvalue weighted by Crippen LogP contribution is 1.93. The van der Waals surface area contributed by atoms with Crippen LogP contribution in [0.3, 0.4) is 0 Å². The lowest BCUT2D eigenvalue weighted by Crippen LogP contribution is -1.63. The van der Waals surface area contributed by atoms with Gasteiger partial charge in [0.1, 0.15) is 0 Å². The van der Waals surface area contributed by atoms with Crippen molar-refractivity contribution in [1.29, 1.82) is 0 Å². The molecule has 1 rings (SSSR count).